The van der Waals surface area contributed by atoms with Crippen LogP contribution in [0.4, 0.5) is 0 Å². The Kier molecular flexibility index (Phi) is 3.38. The Balaban J connectivity index is 2.62. The van der Waals surface area contributed by atoms with Crippen LogP contribution in [0.3, 0.4) is 0 Å². The fourth-order valence-corrected chi connectivity index (χ4v) is 1.98. The van der Waals surface area contributed by atoms with E-state index < -0.39 is 0 Å². The fourth-order valence-electron chi connectivity index (χ4n) is 1.98. The molecule has 0 saturated carbocycles. The zero-order chi connectivity index (χ0) is 13.1. The summed E-state index contributed by atoms with van der Waals surface area (Å²) < 4.78 is 0. The Hall–Kier alpha value is -2.22. The minimum atomic E-state index is 0.0267. The summed E-state index contributed by atoms with van der Waals surface area (Å²) in [5.74, 6) is 0.0267. The van der Waals surface area contributed by atoms with E-state index in [2.05, 4.69) is 0 Å². The third kappa shape index (κ3) is 2.23. The summed E-state index contributed by atoms with van der Waals surface area (Å²) in [5, 5.41) is 0. The zero-order valence-corrected chi connectivity index (χ0v) is 10.4. The van der Waals surface area contributed by atoms with E-state index in [1.807, 2.05) is 43.3 Å². The first-order chi connectivity index (χ1) is 8.63. The highest BCUT2D eigenvalue weighted by Gasteiger charge is 2.09. The average Bonchev–Trinajstić information content (AvgIpc) is 2.39. The molecule has 2 nitrogen and oxygen atoms in total. The molecule has 2 aromatic carbocycles. The molecule has 0 heterocycles. The molecule has 2 aromatic rings. The predicted octanol–water partition coefficient (Wildman–Crippen LogP) is 3.68. The number of hydrogen-bond acceptors (Lipinski definition) is 2. The monoisotopic (exact) mass is 238 g/mol. The lowest BCUT2D eigenvalue weighted by molar-refractivity contribution is 0.101. The maximum absolute atomic E-state index is 11.6. The van der Waals surface area contributed by atoms with Gasteiger partial charge < -0.3 is 0 Å². The van der Waals surface area contributed by atoms with Crippen molar-refractivity contribution in [1.29, 1.82) is 0 Å². The van der Waals surface area contributed by atoms with E-state index in [4.69, 9.17) is 0 Å². The van der Waals surface area contributed by atoms with Crippen LogP contribution in [0.5, 0.6) is 0 Å². The molecule has 0 fully saturated rings. The number of carbonyl (C=O) groups excluding carboxylic acids is 2. The fraction of sp³-hybridized carbons (Fsp3) is 0.125. The van der Waals surface area contributed by atoms with Crippen LogP contribution in [0.2, 0.25) is 0 Å². The highest BCUT2D eigenvalue weighted by molar-refractivity contribution is 6.01. The lowest BCUT2D eigenvalue weighted by Crippen LogP contribution is -1.96. The van der Waals surface area contributed by atoms with E-state index in [0.29, 0.717) is 11.1 Å². The van der Waals surface area contributed by atoms with Crippen LogP contribution < -0.4 is 0 Å². The molecule has 0 atom stereocenters. The molecule has 2 heteroatoms. The number of aryl methyl sites for hydroxylation is 1. The molecule has 0 unspecified atom stereocenters. The lowest BCUT2D eigenvalue weighted by Gasteiger charge is -2.08. The number of carbonyl (C=O) groups is 2. The predicted molar refractivity (Wildman–Crippen MR) is 72.0 cm³/mol. The maximum atomic E-state index is 11.6. The summed E-state index contributed by atoms with van der Waals surface area (Å²) in [4.78, 5) is 22.6. The van der Waals surface area contributed by atoms with E-state index in [-0.39, 0.29) is 5.78 Å². The van der Waals surface area contributed by atoms with Gasteiger partial charge in [0.05, 0.1) is 0 Å². The Labute approximate surface area is 106 Å². The standard InChI is InChI=1S/C16H14O2/c1-11-7-8-13(9-14(11)10-17)16-6-4-3-5-15(16)12(2)18/h3-10H,1-2H3. The van der Waals surface area contributed by atoms with Crippen molar-refractivity contribution in [1.82, 2.24) is 0 Å². The molecule has 90 valence electrons. The van der Waals surface area contributed by atoms with Gasteiger partial charge in [-0.25, -0.2) is 0 Å². The van der Waals surface area contributed by atoms with E-state index in [1.54, 1.807) is 13.0 Å². The van der Waals surface area contributed by atoms with Gasteiger partial charge in [0, 0.05) is 11.1 Å². The van der Waals surface area contributed by atoms with Crippen molar-refractivity contribution in [3.05, 3.63) is 59.2 Å². The summed E-state index contributed by atoms with van der Waals surface area (Å²) in [5.41, 5.74) is 4.04. The van der Waals surface area contributed by atoms with E-state index in [1.165, 1.54) is 0 Å². The van der Waals surface area contributed by atoms with Gasteiger partial charge >= 0.3 is 0 Å². The summed E-state index contributed by atoms with van der Waals surface area (Å²) >= 11 is 0. The van der Waals surface area contributed by atoms with Gasteiger partial charge in [0.2, 0.25) is 0 Å². The Morgan fingerprint density at radius 3 is 2.50 bits per heavy atom. The van der Waals surface area contributed by atoms with E-state index in [9.17, 15) is 9.59 Å². The molecule has 0 saturated heterocycles. The zero-order valence-electron chi connectivity index (χ0n) is 10.4. The summed E-state index contributed by atoms with van der Waals surface area (Å²) in [6.45, 7) is 3.44. The van der Waals surface area contributed by atoms with Crippen molar-refractivity contribution in [2.45, 2.75) is 13.8 Å². The third-order valence-electron chi connectivity index (χ3n) is 3.02. The van der Waals surface area contributed by atoms with Crippen LogP contribution in [0.15, 0.2) is 42.5 Å². The molecular weight excluding hydrogens is 224 g/mol. The quantitative estimate of drug-likeness (QED) is 0.604. The molecule has 0 N–H and O–H groups in total. The average molecular weight is 238 g/mol. The number of Topliss-reactive ketones (excluding diaryl/α,β-unsaturated/α-hetero) is 1. The molecule has 0 spiro atoms. The minimum absolute atomic E-state index is 0.0267. The van der Waals surface area contributed by atoms with Crippen LogP contribution in [-0.4, -0.2) is 12.1 Å². The van der Waals surface area contributed by atoms with Crippen LogP contribution in [-0.2, 0) is 0 Å². The summed E-state index contributed by atoms with van der Waals surface area (Å²) in [6.07, 6.45) is 0.842. The van der Waals surface area contributed by atoms with Gasteiger partial charge in [0.1, 0.15) is 6.29 Å². The first kappa shape index (κ1) is 12.2. The Morgan fingerprint density at radius 1 is 1.11 bits per heavy atom. The van der Waals surface area contributed by atoms with Crippen LogP contribution >= 0.6 is 0 Å². The number of rotatable bonds is 3. The van der Waals surface area contributed by atoms with E-state index in [0.717, 1.165) is 23.0 Å². The van der Waals surface area contributed by atoms with Crippen molar-refractivity contribution in [3.63, 3.8) is 0 Å². The number of aldehydes is 1. The van der Waals surface area contributed by atoms with Crippen molar-refractivity contribution in [3.8, 4) is 11.1 Å². The maximum Gasteiger partial charge on any atom is 0.160 e. The SMILES string of the molecule is CC(=O)c1ccccc1-c1ccc(C)c(C=O)c1. The van der Waals surface area contributed by atoms with Crippen LogP contribution in [0.1, 0.15) is 33.2 Å². The van der Waals surface area contributed by atoms with Gasteiger partial charge in [-0.3, -0.25) is 9.59 Å². The second-order valence-electron chi connectivity index (χ2n) is 4.29. The normalized spacial score (nSPS) is 10.1. The van der Waals surface area contributed by atoms with Crippen LogP contribution in [0.25, 0.3) is 11.1 Å². The first-order valence-corrected chi connectivity index (χ1v) is 5.79. The highest BCUT2D eigenvalue weighted by Crippen LogP contribution is 2.25. The second-order valence-corrected chi connectivity index (χ2v) is 4.29. The molecule has 0 aromatic heterocycles. The molecule has 0 aliphatic heterocycles. The van der Waals surface area contributed by atoms with Gasteiger partial charge in [0.25, 0.3) is 0 Å². The highest BCUT2D eigenvalue weighted by atomic mass is 16.1. The summed E-state index contributed by atoms with van der Waals surface area (Å²) in [7, 11) is 0. The lowest BCUT2D eigenvalue weighted by atomic mass is 9.95. The molecule has 0 aliphatic carbocycles. The smallest absolute Gasteiger partial charge is 0.160 e. The van der Waals surface area contributed by atoms with Gasteiger partial charge in [-0.05, 0) is 36.6 Å². The molecule has 0 amide bonds. The van der Waals surface area contributed by atoms with E-state index >= 15 is 0 Å². The molecule has 0 radical (unpaired) electrons. The minimum Gasteiger partial charge on any atom is -0.298 e. The van der Waals surface area contributed by atoms with Gasteiger partial charge in [-0.15, -0.1) is 0 Å². The largest absolute Gasteiger partial charge is 0.298 e. The topological polar surface area (TPSA) is 34.1 Å². The second kappa shape index (κ2) is 4.96. The van der Waals surface area contributed by atoms with Gasteiger partial charge in [-0.2, -0.15) is 0 Å². The molecule has 18 heavy (non-hydrogen) atoms. The van der Waals surface area contributed by atoms with Gasteiger partial charge in [0.15, 0.2) is 5.78 Å². The molecule has 2 rings (SSSR count). The molecular formula is C16H14O2. The number of benzene rings is 2. The molecule has 0 bridgehead atoms. The first-order valence-electron chi connectivity index (χ1n) is 5.79. The number of hydrogen-bond donors (Lipinski definition) is 0. The van der Waals surface area contributed by atoms with Gasteiger partial charge in [-0.1, -0.05) is 36.4 Å². The summed E-state index contributed by atoms with van der Waals surface area (Å²) in [6, 6.07) is 13.1. The van der Waals surface area contributed by atoms with Crippen molar-refractivity contribution >= 4 is 12.1 Å². The third-order valence-corrected chi connectivity index (χ3v) is 3.02. The Morgan fingerprint density at radius 2 is 1.83 bits per heavy atom. The van der Waals surface area contributed by atoms with Crippen molar-refractivity contribution in [2.75, 3.05) is 0 Å². The van der Waals surface area contributed by atoms with Crippen LogP contribution in [0, 0.1) is 6.92 Å². The number of ketones is 1. The van der Waals surface area contributed by atoms with Crippen molar-refractivity contribution in [2.24, 2.45) is 0 Å². The van der Waals surface area contributed by atoms with Crippen molar-refractivity contribution < 1.29 is 9.59 Å². The Bertz CT molecular complexity index is 612. The molecule has 0 aliphatic rings.